The summed E-state index contributed by atoms with van der Waals surface area (Å²) >= 11 is 0. The van der Waals surface area contributed by atoms with E-state index >= 15 is 0 Å². The zero-order valence-electron chi connectivity index (χ0n) is 10.6. The predicted molar refractivity (Wildman–Crippen MR) is 71.1 cm³/mol. The monoisotopic (exact) mass is 249 g/mol. The fourth-order valence-electron chi connectivity index (χ4n) is 2.08. The minimum atomic E-state index is -0.399. The highest BCUT2D eigenvalue weighted by Gasteiger charge is 2.07. The van der Waals surface area contributed by atoms with Crippen LogP contribution in [0.4, 0.5) is 10.1 Å². The largest absolute Gasteiger partial charge is 0.423 e. The standard InChI is InChI=1S/C14H16FNO2/c1-3-16(7-6-15)11-4-5-12-10(2)8-14(17)18-13(12)9-11/h4-5,8-9H,3,6-7H2,1-2H3. The molecular weight excluding hydrogens is 233 g/mol. The van der Waals surface area contributed by atoms with Crippen molar-refractivity contribution in [1.29, 1.82) is 0 Å². The first-order chi connectivity index (χ1) is 8.65. The van der Waals surface area contributed by atoms with Gasteiger partial charge in [0.15, 0.2) is 0 Å². The van der Waals surface area contributed by atoms with Crippen molar-refractivity contribution in [2.75, 3.05) is 24.7 Å². The van der Waals surface area contributed by atoms with Crippen molar-refractivity contribution in [3.63, 3.8) is 0 Å². The Kier molecular flexibility index (Phi) is 3.65. The topological polar surface area (TPSA) is 33.5 Å². The normalized spacial score (nSPS) is 10.8. The maximum absolute atomic E-state index is 12.4. The van der Waals surface area contributed by atoms with Gasteiger partial charge < -0.3 is 9.32 Å². The third-order valence-electron chi connectivity index (χ3n) is 3.04. The van der Waals surface area contributed by atoms with Crippen LogP contribution in [0.5, 0.6) is 0 Å². The molecule has 0 spiro atoms. The summed E-state index contributed by atoms with van der Waals surface area (Å²) in [6, 6.07) is 7.10. The molecule has 0 bridgehead atoms. The average molecular weight is 249 g/mol. The van der Waals surface area contributed by atoms with Crippen molar-refractivity contribution in [1.82, 2.24) is 0 Å². The number of rotatable bonds is 4. The molecule has 0 N–H and O–H groups in total. The van der Waals surface area contributed by atoms with Crippen LogP contribution in [-0.2, 0) is 0 Å². The zero-order valence-corrected chi connectivity index (χ0v) is 10.6. The molecule has 0 radical (unpaired) electrons. The van der Waals surface area contributed by atoms with Crippen molar-refractivity contribution in [2.24, 2.45) is 0 Å². The lowest BCUT2D eigenvalue weighted by molar-refractivity contribution is 0.492. The van der Waals surface area contributed by atoms with Crippen LogP contribution in [0.1, 0.15) is 12.5 Å². The molecule has 18 heavy (non-hydrogen) atoms. The first-order valence-corrected chi connectivity index (χ1v) is 6.01. The van der Waals surface area contributed by atoms with Gasteiger partial charge in [0.1, 0.15) is 12.3 Å². The lowest BCUT2D eigenvalue weighted by Crippen LogP contribution is -2.24. The van der Waals surface area contributed by atoms with E-state index in [1.54, 1.807) is 6.07 Å². The Balaban J connectivity index is 2.52. The lowest BCUT2D eigenvalue weighted by atomic mass is 10.1. The predicted octanol–water partition coefficient (Wildman–Crippen LogP) is 2.90. The first-order valence-electron chi connectivity index (χ1n) is 6.01. The summed E-state index contributed by atoms with van der Waals surface area (Å²) in [5, 5.41) is 0.912. The minimum absolute atomic E-state index is 0.345. The van der Waals surface area contributed by atoms with Crippen LogP contribution >= 0.6 is 0 Å². The maximum atomic E-state index is 12.4. The van der Waals surface area contributed by atoms with Crippen molar-refractivity contribution < 1.29 is 8.81 Å². The van der Waals surface area contributed by atoms with Gasteiger partial charge in [-0.25, -0.2) is 9.18 Å². The molecule has 0 fully saturated rings. The number of aryl methyl sites for hydroxylation is 1. The number of fused-ring (bicyclic) bond motifs is 1. The summed E-state index contributed by atoms with van der Waals surface area (Å²) in [6.45, 7) is 4.50. The van der Waals surface area contributed by atoms with Crippen molar-refractivity contribution >= 4 is 16.7 Å². The van der Waals surface area contributed by atoms with Gasteiger partial charge in [0, 0.05) is 36.3 Å². The molecule has 4 heteroatoms. The van der Waals surface area contributed by atoms with Gasteiger partial charge in [0.2, 0.25) is 0 Å². The highest BCUT2D eigenvalue weighted by Crippen LogP contribution is 2.23. The third kappa shape index (κ3) is 2.37. The average Bonchev–Trinajstić information content (AvgIpc) is 2.35. The van der Waals surface area contributed by atoms with Gasteiger partial charge in [-0.15, -0.1) is 0 Å². The van der Waals surface area contributed by atoms with Crippen molar-refractivity contribution in [3.8, 4) is 0 Å². The Morgan fingerprint density at radius 3 is 2.78 bits per heavy atom. The van der Waals surface area contributed by atoms with E-state index < -0.39 is 6.67 Å². The molecule has 0 unspecified atom stereocenters. The second-order valence-corrected chi connectivity index (χ2v) is 4.20. The quantitative estimate of drug-likeness (QED) is 0.781. The smallest absolute Gasteiger partial charge is 0.336 e. The van der Waals surface area contributed by atoms with Crippen LogP contribution in [0.25, 0.3) is 11.0 Å². The molecule has 1 heterocycles. The van der Waals surface area contributed by atoms with Crippen LogP contribution in [-0.4, -0.2) is 19.8 Å². The number of benzene rings is 1. The van der Waals surface area contributed by atoms with E-state index in [-0.39, 0.29) is 5.63 Å². The Labute approximate surface area is 105 Å². The molecule has 96 valence electrons. The van der Waals surface area contributed by atoms with Gasteiger partial charge in [0.05, 0.1) is 0 Å². The molecule has 0 atom stereocenters. The molecule has 3 nitrogen and oxygen atoms in total. The second kappa shape index (κ2) is 5.21. The summed E-state index contributed by atoms with van der Waals surface area (Å²) in [4.78, 5) is 13.2. The van der Waals surface area contributed by atoms with Gasteiger partial charge in [0.25, 0.3) is 0 Å². The third-order valence-corrected chi connectivity index (χ3v) is 3.04. The highest BCUT2D eigenvalue weighted by molar-refractivity contribution is 5.83. The Hall–Kier alpha value is -1.84. The molecule has 2 aromatic rings. The number of hydrogen-bond acceptors (Lipinski definition) is 3. The van der Waals surface area contributed by atoms with E-state index in [0.29, 0.717) is 18.7 Å². The van der Waals surface area contributed by atoms with Crippen LogP contribution in [0, 0.1) is 6.92 Å². The minimum Gasteiger partial charge on any atom is -0.423 e. The van der Waals surface area contributed by atoms with Gasteiger partial charge in [-0.3, -0.25) is 0 Å². The lowest BCUT2D eigenvalue weighted by Gasteiger charge is -2.21. The van der Waals surface area contributed by atoms with E-state index in [1.807, 2.05) is 30.9 Å². The fourth-order valence-corrected chi connectivity index (χ4v) is 2.08. The van der Waals surface area contributed by atoms with Crippen LogP contribution in [0.3, 0.4) is 0 Å². The molecular formula is C14H16FNO2. The molecule has 1 aromatic carbocycles. The highest BCUT2D eigenvalue weighted by atomic mass is 19.1. The van der Waals surface area contributed by atoms with E-state index in [0.717, 1.165) is 16.6 Å². The molecule has 0 amide bonds. The maximum Gasteiger partial charge on any atom is 0.336 e. The van der Waals surface area contributed by atoms with Crippen LogP contribution < -0.4 is 10.5 Å². The SMILES string of the molecule is CCN(CCF)c1ccc2c(C)cc(=O)oc2c1. The Morgan fingerprint density at radius 1 is 1.33 bits per heavy atom. The number of nitrogens with zero attached hydrogens (tertiary/aromatic N) is 1. The molecule has 0 saturated carbocycles. The molecule has 1 aromatic heterocycles. The number of anilines is 1. The van der Waals surface area contributed by atoms with E-state index in [9.17, 15) is 9.18 Å². The fraction of sp³-hybridized carbons (Fsp3) is 0.357. The molecule has 0 aliphatic carbocycles. The molecule has 2 rings (SSSR count). The number of halogens is 1. The summed E-state index contributed by atoms with van der Waals surface area (Å²) in [6.07, 6.45) is 0. The number of alkyl halides is 1. The van der Waals surface area contributed by atoms with Gasteiger partial charge in [-0.05, 0) is 31.5 Å². The van der Waals surface area contributed by atoms with Crippen molar-refractivity contribution in [3.05, 3.63) is 40.2 Å². The summed E-state index contributed by atoms with van der Waals surface area (Å²) in [7, 11) is 0. The van der Waals surface area contributed by atoms with Crippen molar-refractivity contribution in [2.45, 2.75) is 13.8 Å². The molecule has 0 aliphatic heterocycles. The van der Waals surface area contributed by atoms with Crippen LogP contribution in [0.2, 0.25) is 0 Å². The van der Waals surface area contributed by atoms with E-state index in [4.69, 9.17) is 4.42 Å². The van der Waals surface area contributed by atoms with Gasteiger partial charge in [-0.2, -0.15) is 0 Å². The molecule has 0 aliphatic rings. The first kappa shape index (κ1) is 12.6. The van der Waals surface area contributed by atoms with Gasteiger partial charge in [-0.1, -0.05) is 0 Å². The number of hydrogen-bond donors (Lipinski definition) is 0. The molecule has 0 saturated heterocycles. The summed E-state index contributed by atoms with van der Waals surface area (Å²) in [5.74, 6) is 0. The van der Waals surface area contributed by atoms with Crippen LogP contribution in [0.15, 0.2) is 33.5 Å². The van der Waals surface area contributed by atoms with Gasteiger partial charge >= 0.3 is 5.63 Å². The zero-order chi connectivity index (χ0) is 13.1. The van der Waals surface area contributed by atoms with E-state index in [2.05, 4.69) is 0 Å². The summed E-state index contributed by atoms with van der Waals surface area (Å²) < 4.78 is 17.6. The summed E-state index contributed by atoms with van der Waals surface area (Å²) in [5.41, 5.74) is 1.96. The Morgan fingerprint density at radius 2 is 2.11 bits per heavy atom. The Bertz CT molecular complexity index is 606. The second-order valence-electron chi connectivity index (χ2n) is 4.20. The van der Waals surface area contributed by atoms with E-state index in [1.165, 1.54) is 6.07 Å².